The second kappa shape index (κ2) is 7.64. The van der Waals surface area contributed by atoms with Gasteiger partial charge < -0.3 is 9.73 Å². The van der Waals surface area contributed by atoms with E-state index in [1.165, 1.54) is 23.9 Å². The van der Waals surface area contributed by atoms with Crippen molar-refractivity contribution in [2.24, 2.45) is 0 Å². The van der Waals surface area contributed by atoms with Crippen molar-refractivity contribution in [1.29, 1.82) is 0 Å². The molecule has 23 heavy (non-hydrogen) atoms. The van der Waals surface area contributed by atoms with E-state index in [1.807, 2.05) is 20.8 Å². The van der Waals surface area contributed by atoms with Crippen LogP contribution in [0.1, 0.15) is 32.9 Å². The highest BCUT2D eigenvalue weighted by molar-refractivity contribution is 7.99. The molecule has 0 radical (unpaired) electrons. The molecule has 0 aliphatic heterocycles. The van der Waals surface area contributed by atoms with E-state index in [4.69, 9.17) is 4.42 Å². The number of carbonyl (C=O) groups is 1. The molecule has 0 aliphatic rings. The zero-order valence-electron chi connectivity index (χ0n) is 13.6. The standard InChI is InChI=1S/C17H21FN2O2S/c1-4-17(2,3)20-15(21)11-23-10-14-9-22-16(19-14)12-5-7-13(18)8-6-12/h5-9H,4,10-11H2,1-3H3,(H,20,21). The molecule has 1 aromatic carbocycles. The SMILES string of the molecule is CCC(C)(C)NC(=O)CSCc1coc(-c2ccc(F)cc2)n1. The van der Waals surface area contributed by atoms with Crippen LogP contribution in [0.15, 0.2) is 34.9 Å². The first-order valence-corrected chi connectivity index (χ1v) is 8.64. The smallest absolute Gasteiger partial charge is 0.230 e. The maximum absolute atomic E-state index is 12.9. The van der Waals surface area contributed by atoms with Gasteiger partial charge in [0.05, 0.1) is 11.4 Å². The predicted molar refractivity (Wildman–Crippen MR) is 90.6 cm³/mol. The number of nitrogens with zero attached hydrogens (tertiary/aromatic N) is 1. The summed E-state index contributed by atoms with van der Waals surface area (Å²) < 4.78 is 18.3. The number of rotatable bonds is 7. The largest absolute Gasteiger partial charge is 0.444 e. The predicted octanol–water partition coefficient (Wildman–Crippen LogP) is 4.02. The van der Waals surface area contributed by atoms with Crippen molar-refractivity contribution in [3.63, 3.8) is 0 Å². The van der Waals surface area contributed by atoms with Gasteiger partial charge in [-0.2, -0.15) is 0 Å². The number of amides is 1. The van der Waals surface area contributed by atoms with Crippen molar-refractivity contribution in [3.05, 3.63) is 42.0 Å². The number of nitrogens with one attached hydrogen (secondary N) is 1. The summed E-state index contributed by atoms with van der Waals surface area (Å²) in [4.78, 5) is 16.2. The van der Waals surface area contributed by atoms with Crippen molar-refractivity contribution < 1.29 is 13.6 Å². The normalized spacial score (nSPS) is 11.5. The topological polar surface area (TPSA) is 55.1 Å². The van der Waals surface area contributed by atoms with E-state index in [0.29, 0.717) is 17.4 Å². The van der Waals surface area contributed by atoms with Crippen LogP contribution in [0.25, 0.3) is 11.5 Å². The summed E-state index contributed by atoms with van der Waals surface area (Å²) in [5, 5.41) is 2.99. The van der Waals surface area contributed by atoms with Crippen LogP contribution in [0.4, 0.5) is 4.39 Å². The Labute approximate surface area is 139 Å². The van der Waals surface area contributed by atoms with Crippen LogP contribution in [0.5, 0.6) is 0 Å². The molecule has 0 saturated carbocycles. The van der Waals surface area contributed by atoms with Crippen molar-refractivity contribution in [2.45, 2.75) is 38.5 Å². The van der Waals surface area contributed by atoms with Crippen LogP contribution >= 0.6 is 11.8 Å². The number of benzene rings is 1. The molecule has 4 nitrogen and oxygen atoms in total. The molecule has 0 saturated heterocycles. The Balaban J connectivity index is 1.83. The number of carbonyl (C=O) groups excluding carboxylic acids is 1. The quantitative estimate of drug-likeness (QED) is 0.830. The molecule has 1 N–H and O–H groups in total. The van der Waals surface area contributed by atoms with E-state index < -0.39 is 0 Å². The van der Waals surface area contributed by atoms with Crippen molar-refractivity contribution >= 4 is 17.7 Å². The van der Waals surface area contributed by atoms with Gasteiger partial charge in [0, 0.05) is 16.9 Å². The maximum Gasteiger partial charge on any atom is 0.230 e. The van der Waals surface area contributed by atoms with Crippen molar-refractivity contribution in [2.75, 3.05) is 5.75 Å². The molecule has 0 aliphatic carbocycles. The molecule has 2 rings (SSSR count). The lowest BCUT2D eigenvalue weighted by Gasteiger charge is -2.24. The van der Waals surface area contributed by atoms with Crippen LogP contribution in [0.2, 0.25) is 0 Å². The van der Waals surface area contributed by atoms with E-state index in [2.05, 4.69) is 10.3 Å². The number of halogens is 1. The van der Waals surface area contributed by atoms with Gasteiger partial charge in [0.1, 0.15) is 12.1 Å². The summed E-state index contributed by atoms with van der Waals surface area (Å²) in [5.74, 6) is 1.14. The third-order valence-electron chi connectivity index (χ3n) is 3.49. The molecule has 6 heteroatoms. The first kappa shape index (κ1) is 17.5. The van der Waals surface area contributed by atoms with E-state index in [-0.39, 0.29) is 17.3 Å². The Hall–Kier alpha value is -1.82. The van der Waals surface area contributed by atoms with E-state index in [1.54, 1.807) is 18.4 Å². The Morgan fingerprint density at radius 2 is 2.04 bits per heavy atom. The Morgan fingerprint density at radius 1 is 1.35 bits per heavy atom. The van der Waals surface area contributed by atoms with Crippen LogP contribution in [0, 0.1) is 5.82 Å². The van der Waals surface area contributed by atoms with Crippen molar-refractivity contribution in [1.82, 2.24) is 10.3 Å². The first-order chi connectivity index (χ1) is 10.9. The summed E-state index contributed by atoms with van der Waals surface area (Å²) in [6.45, 7) is 6.05. The number of hydrogen-bond donors (Lipinski definition) is 1. The average molecular weight is 336 g/mol. The number of thioether (sulfide) groups is 1. The van der Waals surface area contributed by atoms with Gasteiger partial charge in [-0.15, -0.1) is 11.8 Å². The van der Waals surface area contributed by atoms with E-state index in [0.717, 1.165) is 17.7 Å². The lowest BCUT2D eigenvalue weighted by Crippen LogP contribution is -2.43. The number of hydrogen-bond acceptors (Lipinski definition) is 4. The number of oxazole rings is 1. The van der Waals surface area contributed by atoms with Gasteiger partial charge >= 0.3 is 0 Å². The molecule has 0 spiro atoms. The Morgan fingerprint density at radius 3 is 2.70 bits per heavy atom. The summed E-state index contributed by atoms with van der Waals surface area (Å²) in [6.07, 6.45) is 2.45. The summed E-state index contributed by atoms with van der Waals surface area (Å²) >= 11 is 1.48. The minimum atomic E-state index is -0.294. The minimum Gasteiger partial charge on any atom is -0.444 e. The highest BCUT2D eigenvalue weighted by Crippen LogP contribution is 2.21. The van der Waals surface area contributed by atoms with E-state index in [9.17, 15) is 9.18 Å². The van der Waals surface area contributed by atoms with Gasteiger partial charge in [0.15, 0.2) is 0 Å². The Bertz CT molecular complexity index is 653. The molecule has 0 unspecified atom stereocenters. The van der Waals surface area contributed by atoms with Gasteiger partial charge in [-0.1, -0.05) is 6.92 Å². The monoisotopic (exact) mass is 336 g/mol. The molecule has 124 valence electrons. The number of aromatic nitrogens is 1. The Kier molecular flexibility index (Phi) is 5.82. The molecule has 1 heterocycles. The lowest BCUT2D eigenvalue weighted by atomic mass is 10.0. The fourth-order valence-electron chi connectivity index (χ4n) is 1.85. The summed E-state index contributed by atoms with van der Waals surface area (Å²) in [6, 6.07) is 5.98. The van der Waals surface area contributed by atoms with Crippen LogP contribution in [-0.2, 0) is 10.5 Å². The first-order valence-electron chi connectivity index (χ1n) is 7.49. The zero-order valence-corrected chi connectivity index (χ0v) is 14.4. The minimum absolute atomic E-state index is 0.0177. The van der Waals surface area contributed by atoms with Crippen LogP contribution in [-0.4, -0.2) is 22.2 Å². The second-order valence-electron chi connectivity index (χ2n) is 5.93. The second-order valence-corrected chi connectivity index (χ2v) is 6.91. The van der Waals surface area contributed by atoms with Gasteiger partial charge in [0.25, 0.3) is 0 Å². The molecule has 1 aromatic heterocycles. The van der Waals surface area contributed by atoms with Crippen LogP contribution < -0.4 is 5.32 Å². The highest BCUT2D eigenvalue weighted by atomic mass is 32.2. The molecular weight excluding hydrogens is 315 g/mol. The van der Waals surface area contributed by atoms with Gasteiger partial charge in [-0.25, -0.2) is 9.37 Å². The fraction of sp³-hybridized carbons (Fsp3) is 0.412. The highest BCUT2D eigenvalue weighted by Gasteiger charge is 2.17. The summed E-state index contributed by atoms with van der Waals surface area (Å²) in [7, 11) is 0. The van der Waals surface area contributed by atoms with Gasteiger partial charge in [-0.05, 0) is 44.5 Å². The van der Waals surface area contributed by atoms with Gasteiger partial charge in [-0.3, -0.25) is 4.79 Å². The average Bonchev–Trinajstić information content (AvgIpc) is 2.96. The van der Waals surface area contributed by atoms with Crippen LogP contribution in [0.3, 0.4) is 0 Å². The molecule has 2 aromatic rings. The fourth-order valence-corrected chi connectivity index (χ4v) is 2.55. The van der Waals surface area contributed by atoms with Gasteiger partial charge in [0.2, 0.25) is 11.8 Å². The van der Waals surface area contributed by atoms with E-state index >= 15 is 0 Å². The third-order valence-corrected chi connectivity index (χ3v) is 4.45. The molecule has 0 fully saturated rings. The molecule has 0 atom stereocenters. The van der Waals surface area contributed by atoms with Crippen molar-refractivity contribution in [3.8, 4) is 11.5 Å². The maximum atomic E-state index is 12.9. The zero-order chi connectivity index (χ0) is 16.9. The third kappa shape index (κ3) is 5.39. The lowest BCUT2D eigenvalue weighted by molar-refractivity contribution is -0.120. The molecule has 0 bridgehead atoms. The molecular formula is C17H21FN2O2S. The summed E-state index contributed by atoms with van der Waals surface area (Å²) in [5.41, 5.74) is 1.31. The molecule has 1 amide bonds.